The molecule has 7 nitrogen and oxygen atoms in total. The maximum Gasteiger partial charge on any atom is 0.323 e. The molecule has 0 saturated carbocycles. The molecule has 0 bridgehead atoms. The lowest BCUT2D eigenvalue weighted by Crippen LogP contribution is -2.24. The number of amides is 3. The number of carbonyl (C=O) groups is 2. The number of hydrogen-bond donors (Lipinski definition) is 4. The number of halogens is 1. The Kier molecular flexibility index (Phi) is 4.29. The first-order valence-corrected chi connectivity index (χ1v) is 8.38. The average Bonchev–Trinajstić information content (AvgIpc) is 2.96. The molecule has 27 heavy (non-hydrogen) atoms. The van der Waals surface area contributed by atoms with Crippen LogP contribution in [0.4, 0.5) is 14.9 Å². The molecule has 3 amide bonds. The highest BCUT2D eigenvalue weighted by atomic mass is 19.1. The number of pyridine rings is 1. The van der Waals surface area contributed by atoms with Crippen molar-refractivity contribution in [1.29, 1.82) is 0 Å². The number of nitrogens with zero attached hydrogens (tertiary/aromatic N) is 1. The van der Waals surface area contributed by atoms with E-state index in [0.717, 1.165) is 5.57 Å². The summed E-state index contributed by atoms with van der Waals surface area (Å²) < 4.78 is 13.7. The molecule has 0 atom stereocenters. The predicted octanol–water partition coefficient (Wildman–Crippen LogP) is 3.00. The zero-order valence-corrected chi connectivity index (χ0v) is 14.2. The molecule has 4 rings (SSSR count). The second kappa shape index (κ2) is 6.91. The van der Waals surface area contributed by atoms with Crippen LogP contribution in [0.2, 0.25) is 0 Å². The number of hydrogen-bond acceptors (Lipinski definition) is 3. The van der Waals surface area contributed by atoms with E-state index < -0.39 is 11.8 Å². The minimum atomic E-state index is -0.438. The number of fused-ring (bicyclic) bond motifs is 3. The highest BCUT2D eigenvalue weighted by molar-refractivity contribution is 6.07. The van der Waals surface area contributed by atoms with Crippen molar-refractivity contribution in [3.8, 4) is 0 Å². The van der Waals surface area contributed by atoms with Gasteiger partial charge in [-0.1, -0.05) is 0 Å². The molecule has 136 valence electrons. The standard InChI is InChI=1S/C19H16FN5O2/c20-12-3-4-15-14(8-12)16-11(5-7-22-18(26)17(16)25-15)9-23-19(27)24-13-2-1-6-21-10-13/h1-4,6,8-10,25H,5,7H2,(H,22,26)(H2,23,24,27). The normalized spacial score (nSPS) is 15.1. The molecule has 0 saturated heterocycles. The van der Waals surface area contributed by atoms with Crippen molar-refractivity contribution in [2.24, 2.45) is 0 Å². The number of aromatic nitrogens is 2. The summed E-state index contributed by atoms with van der Waals surface area (Å²) in [6.45, 7) is 0.413. The van der Waals surface area contributed by atoms with Gasteiger partial charge in [-0.3, -0.25) is 9.78 Å². The number of carbonyl (C=O) groups excluding carboxylic acids is 2. The molecule has 3 heterocycles. The van der Waals surface area contributed by atoms with Gasteiger partial charge in [0, 0.05) is 35.4 Å². The van der Waals surface area contributed by atoms with Crippen molar-refractivity contribution >= 4 is 34.1 Å². The van der Waals surface area contributed by atoms with E-state index in [1.165, 1.54) is 18.3 Å². The van der Waals surface area contributed by atoms with E-state index in [9.17, 15) is 14.0 Å². The molecular formula is C19H16FN5O2. The summed E-state index contributed by atoms with van der Waals surface area (Å²) in [5.41, 5.74) is 2.89. The van der Waals surface area contributed by atoms with E-state index in [-0.39, 0.29) is 5.91 Å². The molecule has 0 unspecified atom stereocenters. The Balaban J connectivity index is 1.67. The van der Waals surface area contributed by atoms with Crippen LogP contribution in [-0.4, -0.2) is 28.5 Å². The summed E-state index contributed by atoms with van der Waals surface area (Å²) in [7, 11) is 0. The molecule has 1 aliphatic heterocycles. The SMILES string of the molecule is O=C(NC=C1CCNC(=O)c2[nH]c3ccc(F)cc3c21)Nc1cccnc1. The van der Waals surface area contributed by atoms with E-state index in [4.69, 9.17) is 0 Å². The van der Waals surface area contributed by atoms with Crippen LogP contribution in [-0.2, 0) is 0 Å². The fraction of sp³-hybridized carbons (Fsp3) is 0.105. The van der Waals surface area contributed by atoms with Gasteiger partial charge in [0.05, 0.1) is 11.9 Å². The van der Waals surface area contributed by atoms with Crippen LogP contribution < -0.4 is 16.0 Å². The van der Waals surface area contributed by atoms with Gasteiger partial charge in [-0.2, -0.15) is 0 Å². The lowest BCUT2D eigenvalue weighted by molar-refractivity contribution is 0.0952. The third-order valence-electron chi connectivity index (χ3n) is 4.29. The van der Waals surface area contributed by atoms with E-state index in [1.54, 1.807) is 30.6 Å². The van der Waals surface area contributed by atoms with Crippen molar-refractivity contribution in [1.82, 2.24) is 20.6 Å². The van der Waals surface area contributed by atoms with Crippen LogP contribution in [0.3, 0.4) is 0 Å². The molecule has 4 N–H and O–H groups in total. The van der Waals surface area contributed by atoms with Gasteiger partial charge in [-0.05, 0) is 42.3 Å². The third-order valence-corrected chi connectivity index (χ3v) is 4.29. The highest BCUT2D eigenvalue weighted by Crippen LogP contribution is 2.32. The van der Waals surface area contributed by atoms with Gasteiger partial charge in [0.1, 0.15) is 11.5 Å². The number of anilines is 1. The molecular weight excluding hydrogens is 349 g/mol. The van der Waals surface area contributed by atoms with Crippen LogP contribution in [0.1, 0.15) is 22.5 Å². The van der Waals surface area contributed by atoms with Crippen molar-refractivity contribution in [3.63, 3.8) is 0 Å². The Morgan fingerprint density at radius 2 is 2.19 bits per heavy atom. The number of aromatic amines is 1. The quantitative estimate of drug-likeness (QED) is 0.562. The lowest BCUT2D eigenvalue weighted by Gasteiger charge is -2.08. The summed E-state index contributed by atoms with van der Waals surface area (Å²) in [5.74, 6) is -0.652. The Morgan fingerprint density at radius 3 is 3.00 bits per heavy atom. The van der Waals surface area contributed by atoms with Crippen LogP contribution in [0.15, 0.2) is 48.9 Å². The number of benzene rings is 1. The molecule has 8 heteroatoms. The van der Waals surface area contributed by atoms with Gasteiger partial charge in [0.25, 0.3) is 5.91 Å². The lowest BCUT2D eigenvalue weighted by atomic mass is 10.0. The van der Waals surface area contributed by atoms with Crippen molar-refractivity contribution in [2.75, 3.05) is 11.9 Å². The number of nitrogens with one attached hydrogen (secondary N) is 4. The minimum absolute atomic E-state index is 0.259. The Bertz CT molecular complexity index is 1060. The van der Waals surface area contributed by atoms with Gasteiger partial charge < -0.3 is 20.9 Å². The number of rotatable bonds is 2. The molecule has 3 aromatic rings. The van der Waals surface area contributed by atoms with Crippen LogP contribution >= 0.6 is 0 Å². The van der Waals surface area contributed by atoms with Crippen LogP contribution in [0.5, 0.6) is 0 Å². The first-order chi connectivity index (χ1) is 13.1. The molecule has 1 aliphatic rings. The first-order valence-electron chi connectivity index (χ1n) is 8.38. The third kappa shape index (κ3) is 3.37. The van der Waals surface area contributed by atoms with E-state index in [0.29, 0.717) is 40.8 Å². The Morgan fingerprint density at radius 1 is 1.30 bits per heavy atom. The zero-order chi connectivity index (χ0) is 18.8. The van der Waals surface area contributed by atoms with Crippen molar-refractivity contribution in [3.05, 3.63) is 66.0 Å². The smallest absolute Gasteiger partial charge is 0.323 e. The predicted molar refractivity (Wildman–Crippen MR) is 99.6 cm³/mol. The molecule has 0 aliphatic carbocycles. The summed E-state index contributed by atoms with van der Waals surface area (Å²) in [4.78, 5) is 31.4. The maximum absolute atomic E-state index is 13.7. The van der Waals surface area contributed by atoms with Gasteiger partial charge in [0.2, 0.25) is 0 Å². The van der Waals surface area contributed by atoms with Gasteiger partial charge in [-0.15, -0.1) is 0 Å². The van der Waals surface area contributed by atoms with Gasteiger partial charge in [-0.25, -0.2) is 9.18 Å². The topological polar surface area (TPSA) is 98.9 Å². The number of urea groups is 1. The van der Waals surface area contributed by atoms with Crippen molar-refractivity contribution in [2.45, 2.75) is 6.42 Å². The second-order valence-electron chi connectivity index (χ2n) is 6.08. The summed E-state index contributed by atoms with van der Waals surface area (Å²) >= 11 is 0. The summed E-state index contributed by atoms with van der Waals surface area (Å²) in [5, 5.41) is 8.72. The van der Waals surface area contributed by atoms with E-state index >= 15 is 0 Å². The van der Waals surface area contributed by atoms with Crippen LogP contribution in [0.25, 0.3) is 16.5 Å². The van der Waals surface area contributed by atoms with Crippen LogP contribution in [0, 0.1) is 5.82 Å². The highest BCUT2D eigenvalue weighted by Gasteiger charge is 2.24. The molecule has 0 fully saturated rings. The molecule has 0 radical (unpaired) electrons. The fourth-order valence-corrected chi connectivity index (χ4v) is 3.09. The summed E-state index contributed by atoms with van der Waals surface area (Å²) in [6.07, 6.45) is 5.18. The number of H-pyrrole nitrogens is 1. The maximum atomic E-state index is 13.7. The Hall–Kier alpha value is -3.68. The van der Waals surface area contributed by atoms with E-state index in [1.807, 2.05) is 0 Å². The summed E-state index contributed by atoms with van der Waals surface area (Å²) in [6, 6.07) is 7.29. The largest absolute Gasteiger partial charge is 0.350 e. The zero-order valence-electron chi connectivity index (χ0n) is 14.2. The van der Waals surface area contributed by atoms with Crippen molar-refractivity contribution < 1.29 is 14.0 Å². The second-order valence-corrected chi connectivity index (χ2v) is 6.08. The first kappa shape index (κ1) is 16.8. The molecule has 1 aromatic carbocycles. The average molecular weight is 365 g/mol. The Labute approximate surface area is 153 Å². The monoisotopic (exact) mass is 365 g/mol. The minimum Gasteiger partial charge on any atom is -0.350 e. The van der Waals surface area contributed by atoms with Gasteiger partial charge in [0.15, 0.2) is 0 Å². The molecule has 2 aromatic heterocycles. The molecule has 0 spiro atoms. The van der Waals surface area contributed by atoms with Gasteiger partial charge >= 0.3 is 6.03 Å². The van der Waals surface area contributed by atoms with E-state index in [2.05, 4.69) is 25.9 Å². The fourth-order valence-electron chi connectivity index (χ4n) is 3.09.